The van der Waals surface area contributed by atoms with E-state index >= 15 is 0 Å². The van der Waals surface area contributed by atoms with Gasteiger partial charge in [0.2, 0.25) is 5.91 Å². The van der Waals surface area contributed by atoms with Gasteiger partial charge in [0, 0.05) is 16.5 Å². The molecule has 0 spiro atoms. The molecule has 0 fully saturated rings. The third-order valence-corrected chi connectivity index (χ3v) is 4.23. The molecule has 1 amide bonds. The van der Waals surface area contributed by atoms with E-state index in [4.69, 9.17) is 0 Å². The number of thioether (sulfide) groups is 1. The number of carbonyl (C=O) groups excluding carboxylic acids is 1. The van der Waals surface area contributed by atoms with Gasteiger partial charge >= 0.3 is 0 Å². The first kappa shape index (κ1) is 13.1. The number of aryl methyl sites for hydroxylation is 2. The second-order valence-electron chi connectivity index (χ2n) is 3.94. The van der Waals surface area contributed by atoms with Crippen molar-refractivity contribution in [2.24, 2.45) is 0 Å². The summed E-state index contributed by atoms with van der Waals surface area (Å²) in [6.45, 7) is 4.11. The van der Waals surface area contributed by atoms with Gasteiger partial charge in [-0.3, -0.25) is 4.79 Å². The average Bonchev–Trinajstić information content (AvgIpc) is 2.83. The summed E-state index contributed by atoms with van der Waals surface area (Å²) in [5.74, 6) is 0.389. The molecule has 18 heavy (non-hydrogen) atoms. The Labute approximate surface area is 115 Å². The van der Waals surface area contributed by atoms with Gasteiger partial charge < -0.3 is 5.32 Å². The van der Waals surface area contributed by atoms with Crippen LogP contribution in [-0.4, -0.2) is 16.6 Å². The molecule has 5 heteroatoms. The number of anilines is 1. The Morgan fingerprint density at radius 2 is 2.28 bits per heavy atom. The minimum Gasteiger partial charge on any atom is -0.301 e. The molecule has 3 nitrogen and oxygen atoms in total. The fourth-order valence-electron chi connectivity index (χ4n) is 1.45. The van der Waals surface area contributed by atoms with Crippen LogP contribution in [0.2, 0.25) is 0 Å². The molecule has 0 bridgehead atoms. The van der Waals surface area contributed by atoms with E-state index in [1.54, 1.807) is 18.0 Å². The number of aromatic nitrogens is 1. The molecule has 0 aliphatic heterocycles. The second kappa shape index (κ2) is 6.02. The SMILES string of the molecule is Cc1ccc(C)c(SCC(=O)Nc2nccs2)c1. The van der Waals surface area contributed by atoms with Gasteiger partial charge in [0.05, 0.1) is 5.75 Å². The number of thiazole rings is 1. The quantitative estimate of drug-likeness (QED) is 0.870. The van der Waals surface area contributed by atoms with Gasteiger partial charge in [-0.25, -0.2) is 4.98 Å². The van der Waals surface area contributed by atoms with Crippen molar-refractivity contribution in [1.82, 2.24) is 4.98 Å². The number of hydrogen-bond acceptors (Lipinski definition) is 4. The largest absolute Gasteiger partial charge is 0.301 e. The Bertz CT molecular complexity index is 538. The smallest absolute Gasteiger partial charge is 0.236 e. The lowest BCUT2D eigenvalue weighted by Gasteiger charge is -2.06. The van der Waals surface area contributed by atoms with Crippen molar-refractivity contribution >= 4 is 34.1 Å². The maximum atomic E-state index is 11.7. The Hall–Kier alpha value is -1.33. The molecular formula is C13H14N2OS2. The van der Waals surface area contributed by atoms with E-state index in [0.717, 1.165) is 4.90 Å². The highest BCUT2D eigenvalue weighted by Gasteiger charge is 2.06. The molecule has 0 saturated carbocycles. The predicted molar refractivity (Wildman–Crippen MR) is 77.4 cm³/mol. The summed E-state index contributed by atoms with van der Waals surface area (Å²) < 4.78 is 0. The summed E-state index contributed by atoms with van der Waals surface area (Å²) in [4.78, 5) is 16.9. The molecule has 2 aromatic rings. The van der Waals surface area contributed by atoms with Crippen LogP contribution >= 0.6 is 23.1 Å². The minimum atomic E-state index is -0.0177. The molecule has 0 aliphatic rings. The van der Waals surface area contributed by atoms with Crippen LogP contribution in [-0.2, 0) is 4.79 Å². The fraction of sp³-hybridized carbons (Fsp3) is 0.231. The molecule has 94 valence electrons. The average molecular weight is 278 g/mol. The van der Waals surface area contributed by atoms with Gasteiger partial charge in [0.25, 0.3) is 0 Å². The number of amides is 1. The maximum absolute atomic E-state index is 11.7. The molecule has 1 aromatic carbocycles. The summed E-state index contributed by atoms with van der Waals surface area (Å²) in [6.07, 6.45) is 1.68. The summed E-state index contributed by atoms with van der Waals surface area (Å²) in [7, 11) is 0. The van der Waals surface area contributed by atoms with Crippen LogP contribution in [0.25, 0.3) is 0 Å². The van der Waals surface area contributed by atoms with E-state index in [1.165, 1.54) is 22.5 Å². The molecular weight excluding hydrogens is 264 g/mol. The van der Waals surface area contributed by atoms with Crippen LogP contribution in [0.1, 0.15) is 11.1 Å². The van der Waals surface area contributed by atoms with E-state index in [-0.39, 0.29) is 5.91 Å². The fourth-order valence-corrected chi connectivity index (χ4v) is 2.92. The summed E-state index contributed by atoms with van der Waals surface area (Å²) >= 11 is 2.98. The summed E-state index contributed by atoms with van der Waals surface area (Å²) in [5, 5.41) is 5.27. The van der Waals surface area contributed by atoms with E-state index in [0.29, 0.717) is 10.9 Å². The zero-order valence-electron chi connectivity index (χ0n) is 10.3. The van der Waals surface area contributed by atoms with Crippen LogP contribution in [0.15, 0.2) is 34.7 Å². The number of nitrogens with zero attached hydrogens (tertiary/aromatic N) is 1. The zero-order chi connectivity index (χ0) is 13.0. The first-order valence-electron chi connectivity index (χ1n) is 5.54. The highest BCUT2D eigenvalue weighted by atomic mass is 32.2. The van der Waals surface area contributed by atoms with Gasteiger partial charge in [0.15, 0.2) is 5.13 Å². The van der Waals surface area contributed by atoms with Crippen molar-refractivity contribution in [3.63, 3.8) is 0 Å². The van der Waals surface area contributed by atoms with Crippen molar-refractivity contribution in [2.45, 2.75) is 18.7 Å². The van der Waals surface area contributed by atoms with Crippen LogP contribution < -0.4 is 5.32 Å². The second-order valence-corrected chi connectivity index (χ2v) is 5.85. The number of carbonyl (C=O) groups is 1. The molecule has 0 aliphatic carbocycles. The zero-order valence-corrected chi connectivity index (χ0v) is 11.9. The van der Waals surface area contributed by atoms with Crippen molar-refractivity contribution in [1.29, 1.82) is 0 Å². The van der Waals surface area contributed by atoms with E-state index in [1.807, 2.05) is 5.38 Å². The third kappa shape index (κ3) is 3.58. The van der Waals surface area contributed by atoms with Crippen molar-refractivity contribution < 1.29 is 4.79 Å². The Kier molecular flexibility index (Phi) is 4.38. The molecule has 2 rings (SSSR count). The van der Waals surface area contributed by atoms with E-state index in [2.05, 4.69) is 42.3 Å². The normalized spacial score (nSPS) is 10.3. The van der Waals surface area contributed by atoms with Crippen molar-refractivity contribution in [2.75, 3.05) is 11.1 Å². The number of rotatable bonds is 4. The lowest BCUT2D eigenvalue weighted by atomic mass is 10.2. The lowest BCUT2D eigenvalue weighted by Crippen LogP contribution is -2.13. The van der Waals surface area contributed by atoms with Crippen LogP contribution in [0, 0.1) is 13.8 Å². The molecule has 0 saturated heterocycles. The highest BCUT2D eigenvalue weighted by molar-refractivity contribution is 8.00. The first-order valence-corrected chi connectivity index (χ1v) is 7.41. The van der Waals surface area contributed by atoms with E-state index < -0.39 is 0 Å². The number of nitrogens with one attached hydrogen (secondary N) is 1. The van der Waals surface area contributed by atoms with Crippen molar-refractivity contribution in [3.05, 3.63) is 40.9 Å². The molecule has 0 atom stereocenters. The van der Waals surface area contributed by atoms with Crippen LogP contribution in [0.3, 0.4) is 0 Å². The molecule has 0 radical (unpaired) electrons. The molecule has 0 unspecified atom stereocenters. The minimum absolute atomic E-state index is 0.0177. The Balaban J connectivity index is 1.91. The monoisotopic (exact) mass is 278 g/mol. The van der Waals surface area contributed by atoms with Gasteiger partial charge in [-0.05, 0) is 25.5 Å². The standard InChI is InChI=1S/C13H14N2OS2/c1-9-3-4-10(2)11(7-9)18-8-12(16)15-13-14-5-6-17-13/h3-7H,8H2,1-2H3,(H,14,15,16). The molecule has 1 heterocycles. The Morgan fingerprint density at radius 1 is 1.44 bits per heavy atom. The first-order chi connectivity index (χ1) is 8.65. The summed E-state index contributed by atoms with van der Waals surface area (Å²) in [6, 6.07) is 6.27. The lowest BCUT2D eigenvalue weighted by molar-refractivity contribution is -0.113. The third-order valence-electron chi connectivity index (χ3n) is 2.38. The Morgan fingerprint density at radius 3 is 3.00 bits per heavy atom. The highest BCUT2D eigenvalue weighted by Crippen LogP contribution is 2.23. The maximum Gasteiger partial charge on any atom is 0.236 e. The van der Waals surface area contributed by atoms with Gasteiger partial charge in [-0.1, -0.05) is 17.7 Å². The topological polar surface area (TPSA) is 42.0 Å². The number of benzene rings is 1. The molecule has 1 aromatic heterocycles. The van der Waals surface area contributed by atoms with Gasteiger partial charge in [0.1, 0.15) is 0 Å². The van der Waals surface area contributed by atoms with Gasteiger partial charge in [-0.15, -0.1) is 23.1 Å². The molecule has 1 N–H and O–H groups in total. The van der Waals surface area contributed by atoms with Gasteiger partial charge in [-0.2, -0.15) is 0 Å². The summed E-state index contributed by atoms with van der Waals surface area (Å²) in [5.41, 5.74) is 2.41. The van der Waals surface area contributed by atoms with Crippen molar-refractivity contribution in [3.8, 4) is 0 Å². The predicted octanol–water partition coefficient (Wildman–Crippen LogP) is 3.49. The van der Waals surface area contributed by atoms with Crippen LogP contribution in [0.5, 0.6) is 0 Å². The van der Waals surface area contributed by atoms with Crippen LogP contribution in [0.4, 0.5) is 5.13 Å². The van der Waals surface area contributed by atoms with E-state index in [9.17, 15) is 4.79 Å². The number of hydrogen-bond donors (Lipinski definition) is 1.